The number of nitrogens with zero attached hydrogens (tertiary/aromatic N) is 2. The number of thiophene rings is 1. The molecule has 0 spiro atoms. The molecule has 20 heavy (non-hydrogen) atoms. The van der Waals surface area contributed by atoms with E-state index in [9.17, 15) is 0 Å². The van der Waals surface area contributed by atoms with Gasteiger partial charge >= 0.3 is 0 Å². The molecule has 0 saturated carbocycles. The minimum absolute atomic E-state index is 0.206. The molecule has 1 aliphatic rings. The first-order valence-electron chi connectivity index (χ1n) is 7.04. The number of thioether (sulfide) groups is 1. The van der Waals surface area contributed by atoms with Crippen molar-refractivity contribution < 1.29 is 5.11 Å². The standard InChI is InChI=1S/C14H19N3OS2/c1-19-14-16-11-9-5-2-3-6-10(9)20-12(11)13(17-14)15-7-4-8-18/h18H,2-8H2,1H3,(H,15,16,17). The van der Waals surface area contributed by atoms with Crippen LogP contribution in [0.4, 0.5) is 5.82 Å². The van der Waals surface area contributed by atoms with E-state index in [1.165, 1.54) is 34.4 Å². The number of aliphatic hydroxyl groups excluding tert-OH is 1. The quantitative estimate of drug-likeness (QED) is 0.505. The lowest BCUT2D eigenvalue weighted by Gasteiger charge is -2.10. The van der Waals surface area contributed by atoms with E-state index in [-0.39, 0.29) is 6.61 Å². The Hall–Kier alpha value is -0.850. The molecule has 0 unspecified atom stereocenters. The van der Waals surface area contributed by atoms with Crippen molar-refractivity contribution in [1.82, 2.24) is 9.97 Å². The zero-order valence-electron chi connectivity index (χ0n) is 11.6. The third kappa shape index (κ3) is 2.64. The molecule has 2 aromatic heterocycles. The SMILES string of the molecule is CSc1nc(NCCCO)c2sc3c(c2n1)CCCC3. The van der Waals surface area contributed by atoms with Crippen LogP contribution in [-0.4, -0.2) is 34.5 Å². The van der Waals surface area contributed by atoms with E-state index in [4.69, 9.17) is 10.1 Å². The van der Waals surface area contributed by atoms with Crippen LogP contribution < -0.4 is 5.32 Å². The maximum Gasteiger partial charge on any atom is 0.189 e. The molecule has 3 rings (SSSR count). The molecule has 0 aliphatic heterocycles. The van der Waals surface area contributed by atoms with E-state index in [1.807, 2.05) is 17.6 Å². The first-order valence-corrected chi connectivity index (χ1v) is 9.08. The number of aromatic nitrogens is 2. The van der Waals surface area contributed by atoms with E-state index in [2.05, 4.69) is 10.3 Å². The number of aliphatic hydroxyl groups is 1. The number of anilines is 1. The summed E-state index contributed by atoms with van der Waals surface area (Å²) in [6.45, 7) is 0.955. The number of aryl methyl sites for hydroxylation is 2. The molecule has 0 aromatic carbocycles. The highest BCUT2D eigenvalue weighted by molar-refractivity contribution is 7.98. The van der Waals surface area contributed by atoms with E-state index in [0.717, 1.165) is 35.9 Å². The van der Waals surface area contributed by atoms with Crippen molar-refractivity contribution in [3.63, 3.8) is 0 Å². The molecule has 0 bridgehead atoms. The van der Waals surface area contributed by atoms with E-state index < -0.39 is 0 Å². The van der Waals surface area contributed by atoms with Gasteiger partial charge in [0.15, 0.2) is 5.16 Å². The molecule has 6 heteroatoms. The van der Waals surface area contributed by atoms with Crippen LogP contribution >= 0.6 is 23.1 Å². The molecular formula is C14H19N3OS2. The number of hydrogen-bond acceptors (Lipinski definition) is 6. The van der Waals surface area contributed by atoms with Gasteiger partial charge in [0.05, 0.1) is 10.2 Å². The highest BCUT2D eigenvalue weighted by atomic mass is 32.2. The van der Waals surface area contributed by atoms with Gasteiger partial charge in [0, 0.05) is 18.0 Å². The Labute approximate surface area is 127 Å². The van der Waals surface area contributed by atoms with Gasteiger partial charge in [0.25, 0.3) is 0 Å². The van der Waals surface area contributed by atoms with Crippen LogP contribution in [0.3, 0.4) is 0 Å². The summed E-state index contributed by atoms with van der Waals surface area (Å²) in [6, 6.07) is 0. The second-order valence-electron chi connectivity index (χ2n) is 4.95. The van der Waals surface area contributed by atoms with Gasteiger partial charge in [0.1, 0.15) is 5.82 Å². The van der Waals surface area contributed by atoms with Crippen LogP contribution in [-0.2, 0) is 12.8 Å². The highest BCUT2D eigenvalue weighted by Crippen LogP contribution is 2.39. The number of rotatable bonds is 5. The molecule has 108 valence electrons. The summed E-state index contributed by atoms with van der Waals surface area (Å²) in [4.78, 5) is 10.8. The van der Waals surface area contributed by atoms with Crippen LogP contribution in [0.15, 0.2) is 5.16 Å². The Balaban J connectivity index is 2.05. The van der Waals surface area contributed by atoms with Crippen LogP contribution in [0.25, 0.3) is 10.2 Å². The summed E-state index contributed by atoms with van der Waals surface area (Å²) in [5, 5.41) is 13.1. The Morgan fingerprint density at radius 1 is 1.30 bits per heavy atom. The minimum atomic E-state index is 0.206. The first kappa shape index (κ1) is 14.1. The lowest BCUT2D eigenvalue weighted by atomic mass is 9.98. The lowest BCUT2D eigenvalue weighted by molar-refractivity contribution is 0.292. The molecule has 0 amide bonds. The van der Waals surface area contributed by atoms with Crippen LogP contribution in [0.5, 0.6) is 0 Å². The molecule has 2 heterocycles. The zero-order valence-corrected chi connectivity index (χ0v) is 13.2. The van der Waals surface area contributed by atoms with E-state index >= 15 is 0 Å². The van der Waals surface area contributed by atoms with Gasteiger partial charge in [0.2, 0.25) is 0 Å². The third-order valence-electron chi connectivity index (χ3n) is 3.58. The van der Waals surface area contributed by atoms with Gasteiger partial charge in [-0.15, -0.1) is 11.3 Å². The summed E-state index contributed by atoms with van der Waals surface area (Å²) in [5.41, 5.74) is 2.59. The first-order chi connectivity index (χ1) is 9.83. The van der Waals surface area contributed by atoms with Crippen molar-refractivity contribution in [3.05, 3.63) is 10.4 Å². The normalized spacial score (nSPS) is 14.5. The van der Waals surface area contributed by atoms with Crippen molar-refractivity contribution >= 4 is 39.1 Å². The van der Waals surface area contributed by atoms with Crippen LogP contribution in [0.2, 0.25) is 0 Å². The fourth-order valence-corrected chi connectivity index (χ4v) is 4.25. The molecular weight excluding hydrogens is 290 g/mol. The maximum absolute atomic E-state index is 8.92. The molecule has 0 atom stereocenters. The molecule has 2 aromatic rings. The molecule has 0 saturated heterocycles. The van der Waals surface area contributed by atoms with Gasteiger partial charge in [-0.05, 0) is 43.9 Å². The van der Waals surface area contributed by atoms with Gasteiger partial charge in [-0.3, -0.25) is 0 Å². The van der Waals surface area contributed by atoms with E-state index in [0.29, 0.717) is 0 Å². The van der Waals surface area contributed by atoms with Gasteiger partial charge in [-0.1, -0.05) is 11.8 Å². The molecule has 4 nitrogen and oxygen atoms in total. The maximum atomic E-state index is 8.92. The van der Waals surface area contributed by atoms with Crippen molar-refractivity contribution in [1.29, 1.82) is 0 Å². The number of nitrogens with one attached hydrogen (secondary N) is 1. The topological polar surface area (TPSA) is 58.0 Å². The predicted molar refractivity (Wildman–Crippen MR) is 86.0 cm³/mol. The minimum Gasteiger partial charge on any atom is -0.396 e. The fourth-order valence-electron chi connectivity index (χ4n) is 2.59. The van der Waals surface area contributed by atoms with Crippen molar-refractivity contribution in [2.45, 2.75) is 37.3 Å². The van der Waals surface area contributed by atoms with Gasteiger partial charge < -0.3 is 10.4 Å². The summed E-state index contributed by atoms with van der Waals surface area (Å²) in [6.07, 6.45) is 7.64. The summed E-state index contributed by atoms with van der Waals surface area (Å²) < 4.78 is 1.19. The largest absolute Gasteiger partial charge is 0.396 e. The Kier molecular flexibility index (Phi) is 4.43. The van der Waals surface area contributed by atoms with E-state index in [1.54, 1.807) is 11.8 Å². The average molecular weight is 309 g/mol. The number of fused-ring (bicyclic) bond motifs is 3. The monoisotopic (exact) mass is 309 g/mol. The van der Waals surface area contributed by atoms with Gasteiger partial charge in [-0.2, -0.15) is 0 Å². The van der Waals surface area contributed by atoms with Crippen LogP contribution in [0, 0.1) is 0 Å². The fraction of sp³-hybridized carbons (Fsp3) is 0.571. The predicted octanol–water partition coefficient (Wildman–Crippen LogP) is 3.09. The Bertz CT molecular complexity index is 612. The zero-order chi connectivity index (χ0) is 13.9. The third-order valence-corrected chi connectivity index (χ3v) is 5.42. The summed E-state index contributed by atoms with van der Waals surface area (Å²) in [5.74, 6) is 0.937. The molecule has 0 radical (unpaired) electrons. The number of hydrogen-bond donors (Lipinski definition) is 2. The van der Waals surface area contributed by atoms with Gasteiger partial charge in [-0.25, -0.2) is 9.97 Å². The molecule has 1 aliphatic carbocycles. The second-order valence-corrected chi connectivity index (χ2v) is 6.83. The smallest absolute Gasteiger partial charge is 0.189 e. The van der Waals surface area contributed by atoms with Crippen molar-refractivity contribution in [2.75, 3.05) is 24.7 Å². The Morgan fingerprint density at radius 3 is 2.95 bits per heavy atom. The molecule has 2 N–H and O–H groups in total. The Morgan fingerprint density at radius 2 is 2.15 bits per heavy atom. The van der Waals surface area contributed by atoms with Crippen molar-refractivity contribution in [2.24, 2.45) is 0 Å². The lowest BCUT2D eigenvalue weighted by Crippen LogP contribution is -2.06. The molecule has 0 fully saturated rings. The average Bonchev–Trinajstić information content (AvgIpc) is 2.86. The second kappa shape index (κ2) is 6.28. The van der Waals surface area contributed by atoms with Crippen molar-refractivity contribution in [3.8, 4) is 0 Å². The summed E-state index contributed by atoms with van der Waals surface area (Å²) >= 11 is 3.43. The highest BCUT2D eigenvalue weighted by Gasteiger charge is 2.20. The van der Waals surface area contributed by atoms with Crippen LogP contribution in [0.1, 0.15) is 29.7 Å². The summed E-state index contributed by atoms with van der Waals surface area (Å²) in [7, 11) is 0.